The van der Waals surface area contributed by atoms with E-state index >= 15 is 0 Å². The molecule has 5 heteroatoms. The van der Waals surface area contributed by atoms with Crippen molar-refractivity contribution in [1.82, 2.24) is 14.4 Å². The fourth-order valence-corrected chi connectivity index (χ4v) is 2.55. The molecule has 0 radical (unpaired) electrons. The van der Waals surface area contributed by atoms with Crippen LogP contribution in [0.5, 0.6) is 0 Å². The van der Waals surface area contributed by atoms with Gasteiger partial charge in [0, 0.05) is 18.8 Å². The quantitative estimate of drug-likeness (QED) is 0.740. The van der Waals surface area contributed by atoms with Crippen molar-refractivity contribution in [2.75, 3.05) is 0 Å². The summed E-state index contributed by atoms with van der Waals surface area (Å²) in [7, 11) is 0. The van der Waals surface area contributed by atoms with E-state index in [2.05, 4.69) is 25.9 Å². The zero-order chi connectivity index (χ0) is 13.2. The van der Waals surface area contributed by atoms with Crippen LogP contribution in [-0.2, 0) is 12.8 Å². The van der Waals surface area contributed by atoms with Crippen molar-refractivity contribution in [1.29, 1.82) is 0 Å². The van der Waals surface area contributed by atoms with E-state index in [-0.39, 0.29) is 5.82 Å². The first-order valence-electron chi connectivity index (χ1n) is 5.95. The zero-order valence-electron chi connectivity index (χ0n) is 10.1. The van der Waals surface area contributed by atoms with Crippen molar-refractivity contribution in [3.8, 4) is 0 Å². The summed E-state index contributed by atoms with van der Waals surface area (Å²) < 4.78 is 15.6. The third kappa shape index (κ3) is 2.51. The van der Waals surface area contributed by atoms with Gasteiger partial charge in [-0.3, -0.25) is 9.38 Å². The summed E-state index contributed by atoms with van der Waals surface area (Å²) in [6, 6.07) is 6.58. The average Bonchev–Trinajstić information content (AvgIpc) is 2.76. The molecule has 19 heavy (non-hydrogen) atoms. The maximum Gasteiger partial charge on any atom is 0.133 e. The highest BCUT2D eigenvalue weighted by atomic mass is 79.9. The molecular weight excluding hydrogens is 309 g/mol. The first-order chi connectivity index (χ1) is 9.24. The van der Waals surface area contributed by atoms with Crippen LogP contribution in [0.4, 0.5) is 4.39 Å². The van der Waals surface area contributed by atoms with Gasteiger partial charge in [-0.2, -0.15) is 0 Å². The Morgan fingerprint density at radius 1 is 1.16 bits per heavy atom. The summed E-state index contributed by atoms with van der Waals surface area (Å²) in [5.41, 5.74) is 2.06. The molecule has 2 heterocycles. The molecule has 3 aromatic rings. The van der Waals surface area contributed by atoms with E-state index in [1.54, 1.807) is 12.4 Å². The van der Waals surface area contributed by atoms with Crippen molar-refractivity contribution < 1.29 is 4.39 Å². The minimum Gasteiger partial charge on any atom is -0.300 e. The molecule has 0 bridgehead atoms. The predicted molar refractivity (Wildman–Crippen MR) is 74.5 cm³/mol. The fourth-order valence-electron chi connectivity index (χ4n) is 2.05. The Bertz CT molecular complexity index is 706. The van der Waals surface area contributed by atoms with Gasteiger partial charge in [-0.15, -0.1) is 0 Å². The molecular formula is C14H11BrFN3. The van der Waals surface area contributed by atoms with Gasteiger partial charge in [0.2, 0.25) is 0 Å². The molecule has 3 nitrogen and oxygen atoms in total. The van der Waals surface area contributed by atoms with Gasteiger partial charge in [0.05, 0.1) is 11.7 Å². The molecule has 1 aromatic carbocycles. The molecule has 2 aromatic heterocycles. The molecule has 0 fully saturated rings. The Morgan fingerprint density at radius 2 is 1.95 bits per heavy atom. The summed E-state index contributed by atoms with van der Waals surface area (Å²) in [5.74, 6) is 0.762. The number of fused-ring (bicyclic) bond motifs is 1. The van der Waals surface area contributed by atoms with E-state index < -0.39 is 0 Å². The summed E-state index contributed by atoms with van der Waals surface area (Å²) in [5, 5.41) is 0. The third-order valence-electron chi connectivity index (χ3n) is 3.03. The van der Waals surface area contributed by atoms with E-state index in [0.29, 0.717) is 0 Å². The molecule has 0 aliphatic heterocycles. The van der Waals surface area contributed by atoms with E-state index in [1.807, 2.05) is 22.7 Å². The molecule has 0 unspecified atom stereocenters. The molecule has 0 aliphatic rings. The summed E-state index contributed by atoms with van der Waals surface area (Å²) in [4.78, 5) is 8.57. The molecule has 0 spiro atoms. The van der Waals surface area contributed by atoms with Gasteiger partial charge in [0.15, 0.2) is 0 Å². The van der Waals surface area contributed by atoms with Crippen LogP contribution >= 0.6 is 15.9 Å². The highest BCUT2D eigenvalue weighted by Gasteiger charge is 2.08. The maximum absolute atomic E-state index is 12.8. The van der Waals surface area contributed by atoms with Crippen LogP contribution in [0.15, 0.2) is 47.5 Å². The van der Waals surface area contributed by atoms with Gasteiger partial charge >= 0.3 is 0 Å². The molecule has 96 valence electrons. The van der Waals surface area contributed by atoms with Crippen LogP contribution < -0.4 is 0 Å². The summed E-state index contributed by atoms with van der Waals surface area (Å²) in [6.45, 7) is 0. The van der Waals surface area contributed by atoms with Crippen molar-refractivity contribution in [2.45, 2.75) is 12.8 Å². The number of halogens is 2. The second kappa shape index (κ2) is 5.09. The lowest BCUT2D eigenvalue weighted by atomic mass is 10.1. The number of rotatable bonds is 3. The van der Waals surface area contributed by atoms with E-state index in [0.717, 1.165) is 34.3 Å². The number of imidazole rings is 1. The molecule has 3 rings (SSSR count). The SMILES string of the molecule is Fc1ccc(CCc2nc(Br)c3cnccn23)cc1. The Hall–Kier alpha value is -1.75. The normalized spacial score (nSPS) is 11.1. The van der Waals surface area contributed by atoms with Crippen molar-refractivity contribution in [3.05, 3.63) is 64.7 Å². The third-order valence-corrected chi connectivity index (χ3v) is 3.61. The molecule has 0 aliphatic carbocycles. The first kappa shape index (κ1) is 12.3. The van der Waals surface area contributed by atoms with Crippen LogP contribution in [0, 0.1) is 5.82 Å². The Labute approximate surface area is 118 Å². The molecule has 0 saturated heterocycles. The number of aryl methyl sites for hydroxylation is 2. The van der Waals surface area contributed by atoms with Crippen LogP contribution in [0.2, 0.25) is 0 Å². The molecule has 0 atom stereocenters. The van der Waals surface area contributed by atoms with Crippen molar-refractivity contribution in [3.63, 3.8) is 0 Å². The largest absolute Gasteiger partial charge is 0.300 e. The van der Waals surface area contributed by atoms with Gasteiger partial charge in [-0.05, 0) is 40.0 Å². The fraction of sp³-hybridized carbons (Fsp3) is 0.143. The van der Waals surface area contributed by atoms with Crippen molar-refractivity contribution >= 4 is 21.4 Å². The number of hydrogen-bond donors (Lipinski definition) is 0. The summed E-state index contributed by atoms with van der Waals surface area (Å²) in [6.07, 6.45) is 7.03. The number of aromatic nitrogens is 3. The lowest BCUT2D eigenvalue weighted by molar-refractivity contribution is 0.627. The first-order valence-corrected chi connectivity index (χ1v) is 6.74. The van der Waals surface area contributed by atoms with E-state index in [1.165, 1.54) is 12.1 Å². The Balaban J connectivity index is 1.84. The molecule has 0 N–H and O–H groups in total. The highest BCUT2D eigenvalue weighted by molar-refractivity contribution is 9.10. The predicted octanol–water partition coefficient (Wildman–Crippen LogP) is 3.42. The van der Waals surface area contributed by atoms with Crippen LogP contribution in [0.1, 0.15) is 11.4 Å². The Kier molecular flexibility index (Phi) is 3.29. The lowest BCUT2D eigenvalue weighted by Gasteiger charge is -2.01. The summed E-state index contributed by atoms with van der Waals surface area (Å²) >= 11 is 3.43. The van der Waals surface area contributed by atoms with Crippen LogP contribution in [-0.4, -0.2) is 14.4 Å². The number of hydrogen-bond acceptors (Lipinski definition) is 2. The molecule has 0 amide bonds. The van der Waals surface area contributed by atoms with Gasteiger partial charge in [0.1, 0.15) is 16.2 Å². The zero-order valence-corrected chi connectivity index (χ0v) is 11.6. The highest BCUT2D eigenvalue weighted by Crippen LogP contribution is 2.18. The standard InChI is InChI=1S/C14H11BrFN3/c15-14-12-9-17-7-8-19(12)13(18-14)6-3-10-1-4-11(16)5-2-10/h1-2,4-5,7-9H,3,6H2. The van der Waals surface area contributed by atoms with Gasteiger partial charge in [-0.1, -0.05) is 12.1 Å². The van der Waals surface area contributed by atoms with E-state index in [9.17, 15) is 4.39 Å². The second-order valence-corrected chi connectivity index (χ2v) is 5.03. The average molecular weight is 320 g/mol. The minimum absolute atomic E-state index is 0.205. The van der Waals surface area contributed by atoms with Gasteiger partial charge < -0.3 is 0 Å². The topological polar surface area (TPSA) is 30.2 Å². The lowest BCUT2D eigenvalue weighted by Crippen LogP contribution is -1.98. The van der Waals surface area contributed by atoms with Crippen LogP contribution in [0.25, 0.3) is 5.52 Å². The van der Waals surface area contributed by atoms with Gasteiger partial charge in [0.25, 0.3) is 0 Å². The van der Waals surface area contributed by atoms with Crippen molar-refractivity contribution in [2.24, 2.45) is 0 Å². The van der Waals surface area contributed by atoms with Gasteiger partial charge in [-0.25, -0.2) is 9.37 Å². The minimum atomic E-state index is -0.205. The smallest absolute Gasteiger partial charge is 0.133 e. The maximum atomic E-state index is 12.8. The number of benzene rings is 1. The van der Waals surface area contributed by atoms with Crippen LogP contribution in [0.3, 0.4) is 0 Å². The number of nitrogens with zero attached hydrogens (tertiary/aromatic N) is 3. The van der Waals surface area contributed by atoms with E-state index in [4.69, 9.17) is 0 Å². The second-order valence-electron chi connectivity index (χ2n) is 4.28. The monoisotopic (exact) mass is 319 g/mol. The Morgan fingerprint density at radius 3 is 2.74 bits per heavy atom. The molecule has 0 saturated carbocycles.